The number of anilines is 1. The fourth-order valence-electron chi connectivity index (χ4n) is 2.39. The second-order valence-electron chi connectivity index (χ2n) is 5.35. The molecule has 0 unspecified atom stereocenters. The van der Waals surface area contributed by atoms with E-state index in [1.165, 1.54) is 0 Å². The lowest BCUT2D eigenvalue weighted by Crippen LogP contribution is -2.18. The molecule has 0 atom stereocenters. The Morgan fingerprint density at radius 2 is 1.61 bits per heavy atom. The van der Waals surface area contributed by atoms with E-state index in [0.717, 1.165) is 11.1 Å². The molecule has 23 heavy (non-hydrogen) atoms. The molecule has 3 rings (SSSR count). The van der Waals surface area contributed by atoms with E-state index < -0.39 is 10.0 Å². The van der Waals surface area contributed by atoms with Crippen LogP contribution in [0, 0.1) is 0 Å². The van der Waals surface area contributed by atoms with Crippen LogP contribution in [0.25, 0.3) is 0 Å². The quantitative estimate of drug-likeness (QED) is 0.883. The van der Waals surface area contributed by atoms with Crippen LogP contribution in [0.5, 0.6) is 0 Å². The highest BCUT2D eigenvalue weighted by atomic mass is 32.2. The number of hydrogen-bond donors (Lipinski definition) is 1. The van der Waals surface area contributed by atoms with Crippen LogP contribution in [-0.4, -0.2) is 27.4 Å². The minimum Gasteiger partial charge on any atom is -0.346 e. The van der Waals surface area contributed by atoms with E-state index in [2.05, 4.69) is 4.72 Å². The second-order valence-corrected chi connectivity index (χ2v) is 7.19. The zero-order valence-corrected chi connectivity index (χ0v) is 13.5. The molecule has 1 aliphatic heterocycles. The van der Waals surface area contributed by atoms with Crippen LogP contribution in [-0.2, 0) is 25.9 Å². The summed E-state index contributed by atoms with van der Waals surface area (Å²) in [7, 11) is -3.38. The summed E-state index contributed by atoms with van der Waals surface area (Å²) >= 11 is 0. The average Bonchev–Trinajstić information content (AvgIpc) is 3.09. The van der Waals surface area contributed by atoms with E-state index >= 15 is 0 Å². The van der Waals surface area contributed by atoms with Crippen LogP contribution >= 0.6 is 0 Å². The van der Waals surface area contributed by atoms with E-state index in [1.54, 1.807) is 12.1 Å². The molecule has 0 aliphatic carbocycles. The Balaban J connectivity index is 1.59. The number of hydrogen-bond acceptors (Lipinski definition) is 4. The van der Waals surface area contributed by atoms with Gasteiger partial charge in [-0.05, 0) is 24.1 Å². The molecule has 0 radical (unpaired) electrons. The molecule has 6 heteroatoms. The Bertz CT molecular complexity index is 723. The maximum atomic E-state index is 12.2. The third-order valence-electron chi connectivity index (χ3n) is 3.58. The van der Waals surface area contributed by atoms with Crippen LogP contribution in [0.2, 0.25) is 0 Å². The van der Waals surface area contributed by atoms with E-state index in [1.807, 2.05) is 42.5 Å². The Morgan fingerprint density at radius 3 is 2.26 bits per heavy atom. The first-order chi connectivity index (χ1) is 11.1. The molecule has 2 aromatic carbocycles. The highest BCUT2D eigenvalue weighted by Gasteiger charge is 2.18. The summed E-state index contributed by atoms with van der Waals surface area (Å²) in [4.78, 5) is 0. The highest BCUT2D eigenvalue weighted by Crippen LogP contribution is 2.24. The topological polar surface area (TPSA) is 64.6 Å². The van der Waals surface area contributed by atoms with Crippen molar-refractivity contribution in [3.63, 3.8) is 0 Å². The second kappa shape index (κ2) is 7.12. The predicted molar refractivity (Wildman–Crippen MR) is 88.6 cm³/mol. The molecule has 2 aromatic rings. The molecule has 0 spiro atoms. The normalized spacial score (nSPS) is 15.7. The molecule has 1 N–H and O–H groups in total. The standard InChI is InChI=1S/C17H19NO4S/c19-23(20,13-10-14-4-2-1-3-5-14)18-16-8-6-15(7-9-16)17-21-11-12-22-17/h1-9,17-18H,10-13H2. The fourth-order valence-corrected chi connectivity index (χ4v) is 3.49. The number of nitrogens with one attached hydrogen (secondary N) is 1. The molecular weight excluding hydrogens is 314 g/mol. The van der Waals surface area contributed by atoms with Crippen molar-refractivity contribution in [3.8, 4) is 0 Å². The third kappa shape index (κ3) is 4.54. The lowest BCUT2D eigenvalue weighted by Gasteiger charge is -2.11. The van der Waals surface area contributed by atoms with Crippen LogP contribution in [0.15, 0.2) is 54.6 Å². The first kappa shape index (κ1) is 16.0. The van der Waals surface area contributed by atoms with Gasteiger partial charge in [0.1, 0.15) is 0 Å². The van der Waals surface area contributed by atoms with Crippen LogP contribution in [0.4, 0.5) is 5.69 Å². The van der Waals surface area contributed by atoms with Crippen molar-refractivity contribution in [1.82, 2.24) is 0 Å². The SMILES string of the molecule is O=S(=O)(CCc1ccccc1)Nc1ccc(C2OCCO2)cc1. The maximum Gasteiger partial charge on any atom is 0.233 e. The van der Waals surface area contributed by atoms with Crippen molar-refractivity contribution in [3.05, 3.63) is 65.7 Å². The maximum absolute atomic E-state index is 12.2. The summed E-state index contributed by atoms with van der Waals surface area (Å²) in [5.74, 6) is 0.0492. The van der Waals surface area contributed by atoms with Gasteiger partial charge in [0, 0.05) is 11.3 Å². The number of sulfonamides is 1. The van der Waals surface area contributed by atoms with E-state index in [0.29, 0.717) is 25.3 Å². The minimum absolute atomic E-state index is 0.0492. The van der Waals surface area contributed by atoms with Gasteiger partial charge in [-0.2, -0.15) is 0 Å². The zero-order chi connectivity index (χ0) is 16.1. The summed E-state index contributed by atoms with van der Waals surface area (Å²) in [6.45, 7) is 1.16. The Labute approximate surface area is 136 Å². The highest BCUT2D eigenvalue weighted by molar-refractivity contribution is 7.92. The van der Waals surface area contributed by atoms with Crippen molar-refractivity contribution in [1.29, 1.82) is 0 Å². The Kier molecular flexibility index (Phi) is 4.95. The summed E-state index contributed by atoms with van der Waals surface area (Å²) in [5.41, 5.74) is 2.43. The summed E-state index contributed by atoms with van der Waals surface area (Å²) in [6, 6.07) is 16.6. The first-order valence-corrected chi connectivity index (χ1v) is 9.15. The van der Waals surface area contributed by atoms with E-state index in [-0.39, 0.29) is 12.0 Å². The van der Waals surface area contributed by atoms with Gasteiger partial charge in [-0.1, -0.05) is 42.5 Å². The van der Waals surface area contributed by atoms with Crippen molar-refractivity contribution in [2.24, 2.45) is 0 Å². The van der Waals surface area contributed by atoms with Gasteiger partial charge in [-0.25, -0.2) is 8.42 Å². The van der Waals surface area contributed by atoms with Crippen molar-refractivity contribution >= 4 is 15.7 Å². The van der Waals surface area contributed by atoms with Gasteiger partial charge in [0.15, 0.2) is 6.29 Å². The lowest BCUT2D eigenvalue weighted by atomic mass is 10.2. The molecule has 1 heterocycles. The molecule has 0 aromatic heterocycles. The smallest absolute Gasteiger partial charge is 0.233 e. The van der Waals surface area contributed by atoms with Gasteiger partial charge < -0.3 is 9.47 Å². The largest absolute Gasteiger partial charge is 0.346 e. The zero-order valence-electron chi connectivity index (χ0n) is 12.6. The lowest BCUT2D eigenvalue weighted by molar-refractivity contribution is -0.0441. The average molecular weight is 333 g/mol. The van der Waals surface area contributed by atoms with Gasteiger partial charge in [-0.15, -0.1) is 0 Å². The van der Waals surface area contributed by atoms with Crippen molar-refractivity contribution in [2.45, 2.75) is 12.7 Å². The Morgan fingerprint density at radius 1 is 0.957 bits per heavy atom. The van der Waals surface area contributed by atoms with E-state index in [9.17, 15) is 8.42 Å². The predicted octanol–water partition coefficient (Wildman–Crippen LogP) is 2.72. The molecule has 5 nitrogen and oxygen atoms in total. The van der Waals surface area contributed by atoms with Crippen molar-refractivity contribution in [2.75, 3.05) is 23.7 Å². The number of aryl methyl sites for hydroxylation is 1. The molecule has 0 amide bonds. The van der Waals surface area contributed by atoms with E-state index in [4.69, 9.17) is 9.47 Å². The summed E-state index contributed by atoms with van der Waals surface area (Å²) in [6.07, 6.45) is 0.136. The van der Waals surface area contributed by atoms with Crippen LogP contribution < -0.4 is 4.72 Å². The van der Waals surface area contributed by atoms with Gasteiger partial charge in [0.05, 0.1) is 19.0 Å². The van der Waals surface area contributed by atoms with Gasteiger partial charge in [-0.3, -0.25) is 4.72 Å². The molecule has 0 saturated carbocycles. The summed E-state index contributed by atoms with van der Waals surface area (Å²) < 4.78 is 37.7. The van der Waals surface area contributed by atoms with Crippen molar-refractivity contribution < 1.29 is 17.9 Å². The van der Waals surface area contributed by atoms with Gasteiger partial charge in [0.2, 0.25) is 10.0 Å². The molecular formula is C17H19NO4S. The monoisotopic (exact) mass is 333 g/mol. The molecule has 1 fully saturated rings. The van der Waals surface area contributed by atoms with Crippen LogP contribution in [0.1, 0.15) is 17.4 Å². The third-order valence-corrected chi connectivity index (χ3v) is 4.87. The number of ether oxygens (including phenoxy) is 2. The van der Waals surface area contributed by atoms with Gasteiger partial charge in [0.25, 0.3) is 0 Å². The number of rotatable bonds is 6. The molecule has 0 bridgehead atoms. The molecule has 1 saturated heterocycles. The first-order valence-electron chi connectivity index (χ1n) is 7.50. The molecule has 1 aliphatic rings. The van der Waals surface area contributed by atoms with Crippen LogP contribution in [0.3, 0.4) is 0 Å². The Hall–Kier alpha value is -1.89. The fraction of sp³-hybridized carbons (Fsp3) is 0.294. The summed E-state index contributed by atoms with van der Waals surface area (Å²) in [5, 5.41) is 0. The number of benzene rings is 2. The minimum atomic E-state index is -3.38. The van der Waals surface area contributed by atoms with Gasteiger partial charge >= 0.3 is 0 Å². The molecule has 122 valence electrons.